The van der Waals surface area contributed by atoms with E-state index in [9.17, 15) is 9.59 Å². The van der Waals surface area contributed by atoms with E-state index in [1.165, 1.54) is 0 Å². The maximum Gasteiger partial charge on any atom is 0.245 e. The zero-order valence-electron chi connectivity index (χ0n) is 13.9. The van der Waals surface area contributed by atoms with Crippen LogP contribution in [0.2, 0.25) is 0 Å². The Morgan fingerprint density at radius 3 is 2.46 bits per heavy atom. The van der Waals surface area contributed by atoms with Gasteiger partial charge in [0, 0.05) is 13.1 Å². The van der Waals surface area contributed by atoms with Gasteiger partial charge < -0.3 is 20.7 Å². The largest absolute Gasteiger partial charge is 0.378 e. The van der Waals surface area contributed by atoms with Crippen molar-refractivity contribution in [1.82, 2.24) is 10.2 Å². The second kappa shape index (κ2) is 10.3. The molecule has 1 aromatic rings. The van der Waals surface area contributed by atoms with Crippen LogP contribution in [0.15, 0.2) is 30.3 Å². The summed E-state index contributed by atoms with van der Waals surface area (Å²) in [6, 6.07) is 8.43. The van der Waals surface area contributed by atoms with Gasteiger partial charge in [-0.05, 0) is 18.4 Å². The molecular weight excluding hydrogens is 330 g/mol. The number of nitrogens with two attached hydrogens (primary N) is 1. The topological polar surface area (TPSA) is 84.7 Å². The number of hydrogen-bond acceptors (Lipinski definition) is 4. The predicted molar refractivity (Wildman–Crippen MR) is 95.0 cm³/mol. The van der Waals surface area contributed by atoms with E-state index >= 15 is 0 Å². The molecule has 0 saturated carbocycles. The Hall–Kier alpha value is -1.63. The fourth-order valence-electron chi connectivity index (χ4n) is 2.58. The minimum Gasteiger partial charge on any atom is -0.378 e. The number of carbonyl (C=O) groups excluding carboxylic acids is 2. The van der Waals surface area contributed by atoms with Gasteiger partial charge in [-0.15, -0.1) is 12.4 Å². The maximum absolute atomic E-state index is 12.5. The van der Waals surface area contributed by atoms with E-state index in [0.29, 0.717) is 39.1 Å². The van der Waals surface area contributed by atoms with Gasteiger partial charge in [-0.25, -0.2) is 0 Å². The molecule has 0 bridgehead atoms. The molecule has 134 valence electrons. The van der Waals surface area contributed by atoms with E-state index in [-0.39, 0.29) is 24.2 Å². The third-order valence-corrected chi connectivity index (χ3v) is 3.98. The first kappa shape index (κ1) is 20.4. The van der Waals surface area contributed by atoms with Crippen LogP contribution < -0.4 is 11.1 Å². The van der Waals surface area contributed by atoms with Crippen molar-refractivity contribution < 1.29 is 14.3 Å². The van der Waals surface area contributed by atoms with Crippen molar-refractivity contribution in [3.8, 4) is 0 Å². The molecule has 1 aromatic carbocycles. The molecule has 0 spiro atoms. The first-order valence-electron chi connectivity index (χ1n) is 8.08. The Morgan fingerprint density at radius 1 is 1.25 bits per heavy atom. The summed E-state index contributed by atoms with van der Waals surface area (Å²) in [6.45, 7) is 4.11. The molecule has 0 aliphatic carbocycles. The van der Waals surface area contributed by atoms with Crippen LogP contribution in [0.1, 0.15) is 18.9 Å². The van der Waals surface area contributed by atoms with Crippen LogP contribution >= 0.6 is 12.4 Å². The molecule has 3 N–H and O–H groups in total. The van der Waals surface area contributed by atoms with E-state index in [2.05, 4.69) is 5.32 Å². The number of amides is 2. The van der Waals surface area contributed by atoms with Gasteiger partial charge in [0.25, 0.3) is 0 Å². The number of benzene rings is 1. The van der Waals surface area contributed by atoms with Crippen molar-refractivity contribution in [2.45, 2.75) is 31.8 Å². The Kier molecular flexibility index (Phi) is 8.74. The van der Waals surface area contributed by atoms with E-state index in [1.54, 1.807) is 4.90 Å². The highest BCUT2D eigenvalue weighted by atomic mass is 35.5. The number of nitrogens with zero attached hydrogens (tertiary/aromatic N) is 1. The van der Waals surface area contributed by atoms with Crippen LogP contribution in [-0.2, 0) is 20.7 Å². The summed E-state index contributed by atoms with van der Waals surface area (Å²) in [5.41, 5.74) is 6.98. The molecule has 1 saturated heterocycles. The Bertz CT molecular complexity index is 521. The molecule has 1 heterocycles. The maximum atomic E-state index is 12.5. The van der Waals surface area contributed by atoms with Crippen molar-refractivity contribution >= 4 is 24.2 Å². The number of nitrogens with one attached hydrogen (secondary N) is 1. The van der Waals surface area contributed by atoms with E-state index in [1.807, 2.05) is 37.3 Å². The zero-order chi connectivity index (χ0) is 16.7. The minimum atomic E-state index is -0.663. The van der Waals surface area contributed by atoms with E-state index in [0.717, 1.165) is 5.56 Å². The summed E-state index contributed by atoms with van der Waals surface area (Å²) in [4.78, 5) is 26.5. The molecule has 2 rings (SSSR count). The van der Waals surface area contributed by atoms with Gasteiger partial charge in [-0.1, -0.05) is 37.3 Å². The molecule has 2 atom stereocenters. The summed E-state index contributed by atoms with van der Waals surface area (Å²) in [6.07, 6.45) is 0.995. The van der Waals surface area contributed by atoms with Gasteiger partial charge in [0.2, 0.25) is 11.8 Å². The van der Waals surface area contributed by atoms with Gasteiger partial charge in [0.15, 0.2) is 0 Å². The minimum absolute atomic E-state index is 0. The van der Waals surface area contributed by atoms with E-state index in [4.69, 9.17) is 10.5 Å². The van der Waals surface area contributed by atoms with Gasteiger partial charge in [0.05, 0.1) is 19.3 Å². The van der Waals surface area contributed by atoms with Crippen molar-refractivity contribution in [3.05, 3.63) is 35.9 Å². The lowest BCUT2D eigenvalue weighted by Crippen LogP contribution is -2.54. The molecule has 1 aliphatic heterocycles. The quantitative estimate of drug-likeness (QED) is 0.788. The van der Waals surface area contributed by atoms with Gasteiger partial charge >= 0.3 is 0 Å². The van der Waals surface area contributed by atoms with E-state index < -0.39 is 12.1 Å². The molecule has 24 heavy (non-hydrogen) atoms. The lowest BCUT2D eigenvalue weighted by molar-refractivity contribution is -0.140. The van der Waals surface area contributed by atoms with Crippen LogP contribution in [0, 0.1) is 0 Å². The molecular formula is C17H26ClN3O3. The molecule has 0 aromatic heterocycles. The van der Waals surface area contributed by atoms with Gasteiger partial charge in [0.1, 0.15) is 6.04 Å². The number of morpholine rings is 1. The van der Waals surface area contributed by atoms with Crippen LogP contribution in [0.3, 0.4) is 0 Å². The molecule has 7 heteroatoms. The molecule has 6 nitrogen and oxygen atoms in total. The van der Waals surface area contributed by atoms with Crippen LogP contribution in [0.25, 0.3) is 0 Å². The van der Waals surface area contributed by atoms with Crippen molar-refractivity contribution in [1.29, 1.82) is 0 Å². The van der Waals surface area contributed by atoms with Crippen LogP contribution in [0.4, 0.5) is 0 Å². The molecule has 2 amide bonds. The normalized spacial score (nSPS) is 16.7. The monoisotopic (exact) mass is 355 g/mol. The number of rotatable bonds is 6. The molecule has 1 aliphatic rings. The summed E-state index contributed by atoms with van der Waals surface area (Å²) < 4.78 is 5.25. The smallest absolute Gasteiger partial charge is 0.245 e. The third-order valence-electron chi connectivity index (χ3n) is 3.98. The molecule has 1 unspecified atom stereocenters. The molecule has 0 radical (unpaired) electrons. The molecule has 1 fully saturated rings. The summed E-state index contributed by atoms with van der Waals surface area (Å²) in [5.74, 6) is -0.349. The lowest BCUT2D eigenvalue weighted by Gasteiger charge is -2.30. The lowest BCUT2D eigenvalue weighted by atomic mass is 10.1. The number of hydrogen-bond donors (Lipinski definition) is 2. The highest BCUT2D eigenvalue weighted by Gasteiger charge is 2.27. The fourth-order valence-corrected chi connectivity index (χ4v) is 2.58. The van der Waals surface area contributed by atoms with Crippen LogP contribution in [0.5, 0.6) is 0 Å². The summed E-state index contributed by atoms with van der Waals surface area (Å²) >= 11 is 0. The fraction of sp³-hybridized carbons (Fsp3) is 0.529. The Morgan fingerprint density at radius 2 is 1.88 bits per heavy atom. The Balaban J connectivity index is 0.00000288. The van der Waals surface area contributed by atoms with Crippen molar-refractivity contribution in [3.63, 3.8) is 0 Å². The standard InChI is InChI=1S/C17H25N3O3.ClH/c1-2-15(17(22)20-8-10-23-11-9-20)19-16(21)14(18)12-13-6-4-3-5-7-13;/h3-7,14-15H,2,8-12,18H2,1H3,(H,19,21);1H/t14-,15?;/m0./s1. The van der Waals surface area contributed by atoms with Crippen molar-refractivity contribution in [2.24, 2.45) is 5.73 Å². The second-order valence-electron chi connectivity index (χ2n) is 5.70. The first-order valence-corrected chi connectivity index (χ1v) is 8.08. The summed E-state index contributed by atoms with van der Waals surface area (Å²) in [7, 11) is 0. The van der Waals surface area contributed by atoms with Crippen LogP contribution in [-0.4, -0.2) is 55.1 Å². The predicted octanol–water partition coefficient (Wildman–Crippen LogP) is 0.732. The number of carbonyl (C=O) groups is 2. The average molecular weight is 356 g/mol. The number of halogens is 1. The highest BCUT2D eigenvalue weighted by molar-refractivity contribution is 5.89. The van der Waals surface area contributed by atoms with Crippen molar-refractivity contribution in [2.75, 3.05) is 26.3 Å². The van der Waals surface area contributed by atoms with Gasteiger partial charge in [-0.3, -0.25) is 9.59 Å². The summed E-state index contributed by atoms with van der Waals surface area (Å²) in [5, 5.41) is 2.79. The second-order valence-corrected chi connectivity index (χ2v) is 5.70. The number of ether oxygens (including phenoxy) is 1. The average Bonchev–Trinajstić information content (AvgIpc) is 2.60. The first-order chi connectivity index (χ1) is 11.1. The highest BCUT2D eigenvalue weighted by Crippen LogP contribution is 2.06. The van der Waals surface area contributed by atoms with Gasteiger partial charge in [-0.2, -0.15) is 0 Å². The Labute approximate surface area is 149 Å². The zero-order valence-corrected chi connectivity index (χ0v) is 14.8. The third kappa shape index (κ3) is 5.78. The SMILES string of the molecule is CCC(NC(=O)[C@@H](N)Cc1ccccc1)C(=O)N1CCOCC1.Cl.